The maximum Gasteiger partial charge on any atom is 0.319 e. The molecule has 1 aliphatic heterocycles. The molecule has 1 aliphatic rings. The Hall–Kier alpha value is -0.940. The van der Waals surface area contributed by atoms with Gasteiger partial charge in [0.05, 0.1) is 0 Å². The van der Waals surface area contributed by atoms with Gasteiger partial charge in [-0.15, -0.1) is 0 Å². The molecule has 0 atom stereocenters. The number of carbonyl (C=O) groups excluding carboxylic acids is 1. The third-order valence-electron chi connectivity index (χ3n) is 3.44. The largest absolute Gasteiger partial charge is 0.381 e. The molecule has 110 valence electrons. The lowest BCUT2D eigenvalue weighted by Crippen LogP contribution is -2.46. The van der Waals surface area contributed by atoms with E-state index >= 15 is 0 Å². The number of likely N-dealkylation sites (tertiary alicyclic amines) is 1. The van der Waals surface area contributed by atoms with Crippen molar-refractivity contribution in [3.05, 3.63) is 27.7 Å². The van der Waals surface area contributed by atoms with Crippen LogP contribution in [0, 0.1) is 0 Å². The molecule has 1 aromatic rings. The first kappa shape index (κ1) is 15.4. The molecule has 1 fully saturated rings. The molecule has 0 aromatic heterocycles. The Morgan fingerprint density at radius 2 is 2.05 bits per heavy atom. The predicted molar refractivity (Wildman–Crippen MR) is 86.5 cm³/mol. The van der Waals surface area contributed by atoms with E-state index < -0.39 is 0 Å². The molecule has 0 aliphatic carbocycles. The molecular formula is C14H19BrClN3O. The Morgan fingerprint density at radius 1 is 1.40 bits per heavy atom. The number of rotatable bonds is 2. The summed E-state index contributed by atoms with van der Waals surface area (Å²) in [5, 5.41) is 4.22. The third kappa shape index (κ3) is 3.79. The molecule has 4 nitrogen and oxygen atoms in total. The Bertz CT molecular complexity index is 487. The molecule has 0 saturated carbocycles. The van der Waals surface area contributed by atoms with Gasteiger partial charge in [-0.3, -0.25) is 0 Å². The van der Waals surface area contributed by atoms with Gasteiger partial charge >= 0.3 is 6.03 Å². The highest BCUT2D eigenvalue weighted by Gasteiger charge is 2.23. The summed E-state index contributed by atoms with van der Waals surface area (Å²) in [6, 6.07) is 6.22. The Balaban J connectivity index is 1.90. The highest BCUT2D eigenvalue weighted by Crippen LogP contribution is 2.28. The number of hydrogen-bond acceptors (Lipinski definition) is 2. The van der Waals surface area contributed by atoms with Gasteiger partial charge in [0, 0.05) is 48.4 Å². The second kappa shape index (κ2) is 6.68. The zero-order valence-electron chi connectivity index (χ0n) is 11.7. The Labute approximate surface area is 133 Å². The maximum atomic E-state index is 11.9. The van der Waals surface area contributed by atoms with E-state index in [0.29, 0.717) is 11.1 Å². The number of nitrogens with one attached hydrogen (secondary N) is 1. The monoisotopic (exact) mass is 359 g/mol. The van der Waals surface area contributed by atoms with Crippen molar-refractivity contribution < 1.29 is 4.79 Å². The molecule has 2 rings (SSSR count). The summed E-state index contributed by atoms with van der Waals surface area (Å²) < 4.78 is 0.969. The van der Waals surface area contributed by atoms with E-state index in [1.54, 1.807) is 19.0 Å². The fourth-order valence-corrected chi connectivity index (χ4v) is 3.12. The van der Waals surface area contributed by atoms with E-state index in [9.17, 15) is 4.79 Å². The van der Waals surface area contributed by atoms with E-state index in [0.717, 1.165) is 36.1 Å². The van der Waals surface area contributed by atoms with Crippen LogP contribution >= 0.6 is 27.5 Å². The van der Waals surface area contributed by atoms with Crippen LogP contribution in [0.2, 0.25) is 5.02 Å². The van der Waals surface area contributed by atoms with Gasteiger partial charge in [-0.25, -0.2) is 4.79 Å². The van der Waals surface area contributed by atoms with Crippen LogP contribution in [0.1, 0.15) is 12.8 Å². The van der Waals surface area contributed by atoms with Crippen molar-refractivity contribution in [3.63, 3.8) is 0 Å². The van der Waals surface area contributed by atoms with Crippen LogP contribution in [0.4, 0.5) is 10.5 Å². The first-order valence-electron chi connectivity index (χ1n) is 6.65. The van der Waals surface area contributed by atoms with Gasteiger partial charge in [0.1, 0.15) is 0 Å². The lowest BCUT2D eigenvalue weighted by atomic mass is 10.0. The maximum absolute atomic E-state index is 11.9. The Morgan fingerprint density at radius 3 is 2.60 bits per heavy atom. The lowest BCUT2D eigenvalue weighted by molar-refractivity contribution is 0.158. The van der Waals surface area contributed by atoms with Crippen molar-refractivity contribution in [1.29, 1.82) is 0 Å². The predicted octanol–water partition coefficient (Wildman–Crippen LogP) is 3.66. The van der Waals surface area contributed by atoms with Crippen LogP contribution in [0.15, 0.2) is 22.7 Å². The van der Waals surface area contributed by atoms with E-state index in [4.69, 9.17) is 11.6 Å². The van der Waals surface area contributed by atoms with Crippen LogP contribution in [-0.4, -0.2) is 49.1 Å². The summed E-state index contributed by atoms with van der Waals surface area (Å²) in [6.07, 6.45) is 1.91. The number of carbonyl (C=O) groups is 1. The molecule has 0 unspecified atom stereocenters. The molecule has 1 heterocycles. The second-order valence-electron chi connectivity index (χ2n) is 5.21. The zero-order valence-corrected chi connectivity index (χ0v) is 14.0. The minimum atomic E-state index is 0.0936. The van der Waals surface area contributed by atoms with Gasteiger partial charge in [-0.1, -0.05) is 11.6 Å². The highest BCUT2D eigenvalue weighted by atomic mass is 79.9. The quantitative estimate of drug-likeness (QED) is 0.873. The van der Waals surface area contributed by atoms with Crippen molar-refractivity contribution >= 4 is 39.2 Å². The molecule has 0 spiro atoms. The molecule has 6 heteroatoms. The number of anilines is 1. The van der Waals surface area contributed by atoms with Gasteiger partial charge in [-0.05, 0) is 47.0 Å². The molecule has 2 amide bonds. The van der Waals surface area contributed by atoms with Gasteiger partial charge in [0.2, 0.25) is 0 Å². The zero-order chi connectivity index (χ0) is 14.7. The fraction of sp³-hybridized carbons (Fsp3) is 0.500. The lowest BCUT2D eigenvalue weighted by Gasteiger charge is -2.34. The van der Waals surface area contributed by atoms with Crippen molar-refractivity contribution in [2.24, 2.45) is 0 Å². The van der Waals surface area contributed by atoms with Crippen molar-refractivity contribution in [1.82, 2.24) is 9.80 Å². The van der Waals surface area contributed by atoms with E-state index in [1.807, 2.05) is 23.1 Å². The SMILES string of the molecule is CN(C)C(=O)N1CCC(Nc2ccc(Cl)cc2Br)CC1. The first-order valence-corrected chi connectivity index (χ1v) is 7.82. The minimum absolute atomic E-state index is 0.0936. The number of piperidine rings is 1. The van der Waals surface area contributed by atoms with Crippen molar-refractivity contribution in [2.75, 3.05) is 32.5 Å². The number of amides is 2. The second-order valence-corrected chi connectivity index (χ2v) is 6.50. The highest BCUT2D eigenvalue weighted by molar-refractivity contribution is 9.10. The standard InChI is InChI=1S/C14H19BrClN3O/c1-18(2)14(20)19-7-5-11(6-8-19)17-13-4-3-10(16)9-12(13)15/h3-4,9,11,17H,5-8H2,1-2H3. The molecule has 0 radical (unpaired) electrons. The molecule has 1 N–H and O–H groups in total. The van der Waals surface area contributed by atoms with E-state index in [2.05, 4.69) is 21.2 Å². The fourth-order valence-electron chi connectivity index (χ4n) is 2.32. The summed E-state index contributed by atoms with van der Waals surface area (Å²) in [7, 11) is 3.58. The smallest absolute Gasteiger partial charge is 0.319 e. The van der Waals surface area contributed by atoms with Crippen LogP contribution in [0.5, 0.6) is 0 Å². The van der Waals surface area contributed by atoms with Gasteiger partial charge in [0.15, 0.2) is 0 Å². The van der Waals surface area contributed by atoms with Gasteiger partial charge < -0.3 is 15.1 Å². The van der Waals surface area contributed by atoms with Crippen LogP contribution in [0.3, 0.4) is 0 Å². The summed E-state index contributed by atoms with van der Waals surface area (Å²) in [5.74, 6) is 0. The summed E-state index contributed by atoms with van der Waals surface area (Å²) in [5.41, 5.74) is 1.05. The number of urea groups is 1. The van der Waals surface area contributed by atoms with Crippen molar-refractivity contribution in [2.45, 2.75) is 18.9 Å². The van der Waals surface area contributed by atoms with Crippen LogP contribution < -0.4 is 5.32 Å². The van der Waals surface area contributed by atoms with Crippen molar-refractivity contribution in [3.8, 4) is 0 Å². The average molecular weight is 361 g/mol. The van der Waals surface area contributed by atoms with Crippen LogP contribution in [-0.2, 0) is 0 Å². The first-order chi connectivity index (χ1) is 9.47. The van der Waals surface area contributed by atoms with Gasteiger partial charge in [-0.2, -0.15) is 0 Å². The number of hydrogen-bond donors (Lipinski definition) is 1. The molecular weight excluding hydrogens is 342 g/mol. The van der Waals surface area contributed by atoms with E-state index in [-0.39, 0.29) is 6.03 Å². The Kier molecular flexibility index (Phi) is 5.16. The molecule has 0 bridgehead atoms. The summed E-state index contributed by atoms with van der Waals surface area (Å²) in [4.78, 5) is 15.4. The molecule has 1 saturated heterocycles. The molecule has 20 heavy (non-hydrogen) atoms. The number of benzene rings is 1. The molecule has 1 aromatic carbocycles. The minimum Gasteiger partial charge on any atom is -0.381 e. The van der Waals surface area contributed by atoms with Gasteiger partial charge in [0.25, 0.3) is 0 Å². The normalized spacial score (nSPS) is 16.1. The summed E-state index contributed by atoms with van der Waals surface area (Å²) in [6.45, 7) is 1.58. The summed E-state index contributed by atoms with van der Waals surface area (Å²) >= 11 is 9.45. The van der Waals surface area contributed by atoms with E-state index in [1.165, 1.54) is 0 Å². The number of nitrogens with zero attached hydrogens (tertiary/aromatic N) is 2. The van der Waals surface area contributed by atoms with Crippen LogP contribution in [0.25, 0.3) is 0 Å². The average Bonchev–Trinajstić information content (AvgIpc) is 2.42. The topological polar surface area (TPSA) is 35.6 Å². The number of halogens is 2. The third-order valence-corrected chi connectivity index (χ3v) is 4.33.